The Morgan fingerprint density at radius 1 is 1.31 bits per heavy atom. The quantitative estimate of drug-likeness (QED) is 0.734. The lowest BCUT2D eigenvalue weighted by molar-refractivity contribution is 1.08. The molecule has 0 aliphatic rings. The fourth-order valence-electron chi connectivity index (χ4n) is 1.42. The first kappa shape index (κ1) is 12.3. The maximum absolute atomic E-state index is 4.09. The fraction of sp³-hybridized carbons (Fsp3) is 0.200. The molecule has 1 N–H and O–H groups in total. The Hall–Kier alpha value is -1.76. The zero-order valence-corrected chi connectivity index (χ0v) is 10.0. The van der Waals surface area contributed by atoms with E-state index in [4.69, 9.17) is 0 Å². The van der Waals surface area contributed by atoms with Crippen molar-refractivity contribution in [2.75, 3.05) is 7.05 Å². The van der Waals surface area contributed by atoms with E-state index < -0.39 is 0 Å². The third kappa shape index (κ3) is 3.77. The molecule has 0 spiro atoms. The molecule has 0 radical (unpaired) electrons. The van der Waals surface area contributed by atoms with Gasteiger partial charge >= 0.3 is 0 Å². The average molecular weight is 213 g/mol. The second-order valence-electron chi connectivity index (χ2n) is 3.59. The highest BCUT2D eigenvalue weighted by molar-refractivity contribution is 5.73. The van der Waals surface area contributed by atoms with Crippen LogP contribution in [0.25, 0.3) is 5.57 Å². The molecule has 0 saturated heterocycles. The summed E-state index contributed by atoms with van der Waals surface area (Å²) in [5, 5.41) is 2.99. The minimum absolute atomic E-state index is 1.00. The van der Waals surface area contributed by atoms with Crippen molar-refractivity contribution in [1.29, 1.82) is 0 Å². The Kier molecular flexibility index (Phi) is 5.13. The van der Waals surface area contributed by atoms with E-state index >= 15 is 0 Å². The van der Waals surface area contributed by atoms with Gasteiger partial charge in [-0.2, -0.15) is 0 Å². The minimum atomic E-state index is 1.00. The largest absolute Gasteiger partial charge is 0.394 e. The van der Waals surface area contributed by atoms with Crippen LogP contribution < -0.4 is 5.32 Å². The van der Waals surface area contributed by atoms with Crippen molar-refractivity contribution in [3.8, 4) is 0 Å². The van der Waals surface area contributed by atoms with Crippen LogP contribution in [-0.2, 0) is 0 Å². The van der Waals surface area contributed by atoms with Crippen molar-refractivity contribution in [2.45, 2.75) is 13.3 Å². The third-order valence-corrected chi connectivity index (χ3v) is 2.38. The van der Waals surface area contributed by atoms with Gasteiger partial charge in [0.05, 0.1) is 0 Å². The Morgan fingerprint density at radius 3 is 2.56 bits per heavy atom. The summed E-state index contributed by atoms with van der Waals surface area (Å²) in [6, 6.07) is 10.2. The molecule has 1 aromatic carbocycles. The van der Waals surface area contributed by atoms with Crippen molar-refractivity contribution < 1.29 is 0 Å². The predicted octanol–water partition coefficient (Wildman–Crippen LogP) is 3.77. The van der Waals surface area contributed by atoms with Gasteiger partial charge < -0.3 is 5.32 Å². The van der Waals surface area contributed by atoms with Gasteiger partial charge in [0, 0.05) is 7.05 Å². The highest BCUT2D eigenvalue weighted by Crippen LogP contribution is 2.16. The van der Waals surface area contributed by atoms with Gasteiger partial charge in [-0.1, -0.05) is 49.9 Å². The molecule has 0 aliphatic heterocycles. The van der Waals surface area contributed by atoms with E-state index in [1.807, 2.05) is 31.4 Å². The van der Waals surface area contributed by atoms with E-state index in [0.717, 1.165) is 12.0 Å². The predicted molar refractivity (Wildman–Crippen MR) is 72.0 cm³/mol. The molecule has 0 amide bonds. The normalized spacial score (nSPS) is 11.8. The molecule has 1 rings (SSSR count). The smallest absolute Gasteiger partial charge is 0.00277 e. The van der Waals surface area contributed by atoms with E-state index in [0.29, 0.717) is 0 Å². The fourth-order valence-corrected chi connectivity index (χ4v) is 1.42. The van der Waals surface area contributed by atoms with Crippen LogP contribution in [-0.4, -0.2) is 7.05 Å². The van der Waals surface area contributed by atoms with Crippen LogP contribution in [0.3, 0.4) is 0 Å². The summed E-state index contributed by atoms with van der Waals surface area (Å²) in [5.74, 6) is 0. The van der Waals surface area contributed by atoms with Crippen LogP contribution in [0.2, 0.25) is 0 Å². The molecule has 0 atom stereocenters. The summed E-state index contributed by atoms with van der Waals surface area (Å²) in [6.45, 7) is 6.23. The molecule has 16 heavy (non-hydrogen) atoms. The van der Waals surface area contributed by atoms with Crippen molar-refractivity contribution in [2.24, 2.45) is 0 Å². The van der Waals surface area contributed by atoms with Gasteiger partial charge in [0.1, 0.15) is 0 Å². The molecule has 0 heterocycles. The van der Waals surface area contributed by atoms with E-state index in [2.05, 4.69) is 43.1 Å². The Bertz CT molecular complexity index is 385. The van der Waals surface area contributed by atoms with Crippen molar-refractivity contribution >= 4 is 5.57 Å². The van der Waals surface area contributed by atoms with Gasteiger partial charge in [0.15, 0.2) is 0 Å². The highest BCUT2D eigenvalue weighted by atomic mass is 14.8. The van der Waals surface area contributed by atoms with E-state index in [9.17, 15) is 0 Å². The van der Waals surface area contributed by atoms with Crippen molar-refractivity contribution in [1.82, 2.24) is 5.32 Å². The molecule has 1 aromatic rings. The number of hydrogen-bond acceptors (Lipinski definition) is 1. The summed E-state index contributed by atoms with van der Waals surface area (Å²) in [4.78, 5) is 0. The molecule has 1 heteroatoms. The molecule has 0 saturated carbocycles. The SMILES string of the molecule is C=C(/C=C(\C=C/NC)CC)c1ccccc1. The molecule has 0 bridgehead atoms. The summed E-state index contributed by atoms with van der Waals surface area (Å²) in [5.41, 5.74) is 3.49. The van der Waals surface area contributed by atoms with Crippen LogP contribution in [0.5, 0.6) is 0 Å². The monoisotopic (exact) mass is 213 g/mol. The summed E-state index contributed by atoms with van der Waals surface area (Å²) >= 11 is 0. The lowest BCUT2D eigenvalue weighted by Crippen LogP contribution is -1.91. The summed E-state index contributed by atoms with van der Waals surface area (Å²) in [7, 11) is 1.90. The van der Waals surface area contributed by atoms with Crippen molar-refractivity contribution in [3.63, 3.8) is 0 Å². The maximum atomic E-state index is 4.09. The summed E-state index contributed by atoms with van der Waals surface area (Å²) < 4.78 is 0. The third-order valence-electron chi connectivity index (χ3n) is 2.38. The second kappa shape index (κ2) is 6.67. The second-order valence-corrected chi connectivity index (χ2v) is 3.59. The molecule has 0 aliphatic carbocycles. The van der Waals surface area contributed by atoms with E-state index in [-0.39, 0.29) is 0 Å². The number of rotatable bonds is 5. The van der Waals surface area contributed by atoms with Crippen LogP contribution in [0, 0.1) is 0 Å². The van der Waals surface area contributed by atoms with E-state index in [1.165, 1.54) is 11.1 Å². The van der Waals surface area contributed by atoms with Gasteiger partial charge in [0.25, 0.3) is 0 Å². The molecule has 1 nitrogen and oxygen atoms in total. The van der Waals surface area contributed by atoms with Gasteiger partial charge in [-0.25, -0.2) is 0 Å². The van der Waals surface area contributed by atoms with E-state index in [1.54, 1.807) is 0 Å². The van der Waals surface area contributed by atoms with Crippen LogP contribution >= 0.6 is 0 Å². The van der Waals surface area contributed by atoms with Crippen LogP contribution in [0.4, 0.5) is 0 Å². The lowest BCUT2D eigenvalue weighted by atomic mass is 10.0. The lowest BCUT2D eigenvalue weighted by Gasteiger charge is -2.02. The van der Waals surface area contributed by atoms with Gasteiger partial charge in [-0.05, 0) is 35.4 Å². The zero-order chi connectivity index (χ0) is 11.8. The number of benzene rings is 1. The molecular formula is C15H19N. The molecular weight excluding hydrogens is 194 g/mol. The molecule has 84 valence electrons. The van der Waals surface area contributed by atoms with Crippen LogP contribution in [0.1, 0.15) is 18.9 Å². The van der Waals surface area contributed by atoms with Gasteiger partial charge in [-0.3, -0.25) is 0 Å². The average Bonchev–Trinajstić information content (AvgIpc) is 2.35. The first-order chi connectivity index (χ1) is 7.77. The number of hydrogen-bond donors (Lipinski definition) is 1. The minimum Gasteiger partial charge on any atom is -0.394 e. The Labute approximate surface area is 98.2 Å². The number of allylic oxidation sites excluding steroid dienone is 4. The standard InChI is InChI=1S/C15H19N/c1-4-14(10-11-16-3)12-13(2)15-8-6-5-7-9-15/h5-12,16H,2,4H2,1,3H3/b11-10-,14-12-. The highest BCUT2D eigenvalue weighted by Gasteiger charge is 1.95. The van der Waals surface area contributed by atoms with Gasteiger partial charge in [-0.15, -0.1) is 0 Å². The first-order valence-corrected chi connectivity index (χ1v) is 5.56. The first-order valence-electron chi connectivity index (χ1n) is 5.56. The molecule has 0 unspecified atom stereocenters. The topological polar surface area (TPSA) is 12.0 Å². The number of nitrogens with one attached hydrogen (secondary N) is 1. The Morgan fingerprint density at radius 2 is 2.00 bits per heavy atom. The Balaban J connectivity index is 2.82. The van der Waals surface area contributed by atoms with Crippen LogP contribution in [0.15, 0.2) is 60.8 Å². The summed E-state index contributed by atoms with van der Waals surface area (Å²) in [6.07, 6.45) is 7.15. The molecule has 0 fully saturated rings. The van der Waals surface area contributed by atoms with Gasteiger partial charge in [0.2, 0.25) is 0 Å². The maximum Gasteiger partial charge on any atom is 0.00277 e. The zero-order valence-electron chi connectivity index (χ0n) is 10.0. The van der Waals surface area contributed by atoms with Crippen molar-refractivity contribution in [3.05, 3.63) is 66.4 Å². The molecule has 0 aromatic heterocycles.